The molecule has 0 radical (unpaired) electrons. The van der Waals surface area contributed by atoms with Crippen LogP contribution in [0.15, 0.2) is 54.7 Å². The number of carbonyl (C=O) groups is 1. The SMILES string of the molecule is COc1cc2cc(c1)CN1CCC[C@H]1C(=O)CCCN(C)Cc1ccc(cc1)-c1ccnc(n1)C2. The van der Waals surface area contributed by atoms with Gasteiger partial charge in [0.25, 0.3) is 0 Å². The van der Waals surface area contributed by atoms with Crippen LogP contribution in [0, 0.1) is 0 Å². The molecule has 6 nitrogen and oxygen atoms in total. The summed E-state index contributed by atoms with van der Waals surface area (Å²) in [5.74, 6) is 1.99. The molecule has 0 spiro atoms. The standard InChI is InChI=1S/C29H34N4O2/c1-32-13-4-6-28(34)27-5-3-14-33(27)20-23-15-22(16-25(17-23)35-2)18-29-30-12-11-26(31-29)24-9-7-21(19-32)8-10-24/h7-12,15-17,27H,3-6,13-14,18-20H2,1-2H3/t27-/m0/s1. The third-order valence-electron chi connectivity index (χ3n) is 7.12. The molecule has 1 fully saturated rings. The largest absolute Gasteiger partial charge is 0.497 e. The van der Waals surface area contributed by atoms with E-state index in [0.29, 0.717) is 18.6 Å². The summed E-state index contributed by atoms with van der Waals surface area (Å²) >= 11 is 0. The fourth-order valence-corrected chi connectivity index (χ4v) is 5.34. The van der Waals surface area contributed by atoms with Gasteiger partial charge in [-0.1, -0.05) is 30.3 Å². The number of fused-ring (bicyclic) bond motifs is 7. The maximum absolute atomic E-state index is 13.1. The van der Waals surface area contributed by atoms with E-state index in [2.05, 4.69) is 64.3 Å². The Labute approximate surface area is 208 Å². The van der Waals surface area contributed by atoms with Gasteiger partial charge in [-0.2, -0.15) is 0 Å². The lowest BCUT2D eigenvalue weighted by molar-refractivity contribution is -0.123. The van der Waals surface area contributed by atoms with Crippen LogP contribution in [0.5, 0.6) is 5.75 Å². The topological polar surface area (TPSA) is 58.6 Å². The Bertz CT molecular complexity index is 1180. The van der Waals surface area contributed by atoms with Gasteiger partial charge >= 0.3 is 0 Å². The number of hydrogen-bond acceptors (Lipinski definition) is 6. The molecule has 3 aliphatic heterocycles. The fraction of sp³-hybridized carbons (Fsp3) is 0.414. The highest BCUT2D eigenvalue weighted by Gasteiger charge is 2.30. The van der Waals surface area contributed by atoms with Crippen molar-refractivity contribution < 1.29 is 9.53 Å². The van der Waals surface area contributed by atoms with Gasteiger partial charge in [-0.05, 0) is 74.3 Å². The lowest BCUT2D eigenvalue weighted by atomic mass is 10.0. The molecule has 2 aromatic carbocycles. The number of hydrogen-bond donors (Lipinski definition) is 0. The number of ketones is 1. The summed E-state index contributed by atoms with van der Waals surface area (Å²) in [7, 11) is 3.83. The fourth-order valence-electron chi connectivity index (χ4n) is 5.34. The predicted molar refractivity (Wildman–Crippen MR) is 137 cm³/mol. The first-order valence-electron chi connectivity index (χ1n) is 12.6. The minimum Gasteiger partial charge on any atom is -0.497 e. The molecule has 0 unspecified atom stereocenters. The van der Waals surface area contributed by atoms with Crippen molar-refractivity contribution in [2.75, 3.05) is 27.2 Å². The van der Waals surface area contributed by atoms with E-state index in [1.807, 2.05) is 12.3 Å². The van der Waals surface area contributed by atoms with Crippen molar-refractivity contribution in [3.05, 3.63) is 77.2 Å². The summed E-state index contributed by atoms with van der Waals surface area (Å²) in [5.41, 5.74) is 5.57. The number of nitrogens with zero attached hydrogens (tertiary/aromatic N) is 4. The molecule has 1 aromatic heterocycles. The summed E-state index contributed by atoms with van der Waals surface area (Å²) in [5, 5.41) is 0. The molecule has 0 N–H and O–H groups in total. The minimum absolute atomic E-state index is 0.0214. The molecule has 4 heterocycles. The molecule has 0 amide bonds. The smallest absolute Gasteiger partial charge is 0.150 e. The minimum atomic E-state index is 0.0214. The first kappa shape index (κ1) is 23.6. The van der Waals surface area contributed by atoms with Crippen LogP contribution in [0.3, 0.4) is 0 Å². The van der Waals surface area contributed by atoms with Crippen LogP contribution in [0.4, 0.5) is 0 Å². The molecule has 35 heavy (non-hydrogen) atoms. The number of aromatic nitrogens is 2. The Hall–Kier alpha value is -3.09. The van der Waals surface area contributed by atoms with Crippen LogP contribution in [0.25, 0.3) is 11.3 Å². The Balaban J connectivity index is 1.48. The van der Waals surface area contributed by atoms with E-state index in [0.717, 1.165) is 73.8 Å². The molecular formula is C29H34N4O2. The highest BCUT2D eigenvalue weighted by atomic mass is 16.5. The van der Waals surface area contributed by atoms with E-state index >= 15 is 0 Å². The zero-order chi connectivity index (χ0) is 24.2. The molecular weight excluding hydrogens is 436 g/mol. The van der Waals surface area contributed by atoms with Gasteiger partial charge in [0.1, 0.15) is 17.4 Å². The van der Waals surface area contributed by atoms with Gasteiger partial charge in [-0.15, -0.1) is 0 Å². The van der Waals surface area contributed by atoms with Crippen molar-refractivity contribution in [1.82, 2.24) is 19.8 Å². The van der Waals surface area contributed by atoms with Gasteiger partial charge in [0.2, 0.25) is 0 Å². The van der Waals surface area contributed by atoms with Crippen LogP contribution in [-0.2, 0) is 24.3 Å². The summed E-state index contributed by atoms with van der Waals surface area (Å²) in [4.78, 5) is 27.2. The molecule has 1 saturated heterocycles. The van der Waals surface area contributed by atoms with Crippen LogP contribution < -0.4 is 4.74 Å². The maximum Gasteiger partial charge on any atom is 0.150 e. The highest BCUT2D eigenvalue weighted by Crippen LogP contribution is 2.26. The molecule has 6 rings (SSSR count). The molecule has 6 heteroatoms. The Kier molecular flexibility index (Phi) is 7.21. The van der Waals surface area contributed by atoms with Crippen molar-refractivity contribution in [3.8, 4) is 17.0 Å². The van der Waals surface area contributed by atoms with E-state index in [-0.39, 0.29) is 6.04 Å². The van der Waals surface area contributed by atoms with Crippen molar-refractivity contribution in [2.45, 2.75) is 51.2 Å². The predicted octanol–water partition coefficient (Wildman–Crippen LogP) is 4.50. The molecule has 0 aliphatic carbocycles. The van der Waals surface area contributed by atoms with E-state index < -0.39 is 0 Å². The lowest BCUT2D eigenvalue weighted by Gasteiger charge is -2.24. The lowest BCUT2D eigenvalue weighted by Crippen LogP contribution is -2.36. The number of ether oxygens (including phenoxy) is 1. The average molecular weight is 471 g/mol. The second-order valence-electron chi connectivity index (χ2n) is 9.86. The van der Waals surface area contributed by atoms with Crippen LogP contribution in [0.2, 0.25) is 0 Å². The second kappa shape index (κ2) is 10.7. The Morgan fingerprint density at radius 2 is 1.77 bits per heavy atom. The first-order chi connectivity index (χ1) is 17.1. The maximum atomic E-state index is 13.1. The quantitative estimate of drug-likeness (QED) is 0.522. The van der Waals surface area contributed by atoms with E-state index in [9.17, 15) is 4.79 Å². The van der Waals surface area contributed by atoms with Gasteiger partial charge < -0.3 is 9.64 Å². The van der Waals surface area contributed by atoms with Gasteiger partial charge in [0, 0.05) is 37.7 Å². The second-order valence-corrected chi connectivity index (χ2v) is 9.86. The molecule has 3 aromatic rings. The van der Waals surface area contributed by atoms with Crippen molar-refractivity contribution >= 4 is 5.78 Å². The Morgan fingerprint density at radius 1 is 0.943 bits per heavy atom. The molecule has 6 bridgehead atoms. The summed E-state index contributed by atoms with van der Waals surface area (Å²) in [6.07, 6.45) is 6.03. The highest BCUT2D eigenvalue weighted by molar-refractivity contribution is 5.84. The first-order valence-corrected chi connectivity index (χ1v) is 12.6. The third kappa shape index (κ3) is 5.77. The normalized spacial score (nSPS) is 19.9. The van der Waals surface area contributed by atoms with Crippen molar-refractivity contribution in [3.63, 3.8) is 0 Å². The van der Waals surface area contributed by atoms with Crippen LogP contribution >= 0.6 is 0 Å². The number of Topliss-reactive ketones (excluding diaryl/α,β-unsaturated/α-hetero) is 1. The van der Waals surface area contributed by atoms with Crippen LogP contribution in [-0.4, -0.2) is 58.8 Å². The number of carbonyl (C=O) groups excluding carboxylic acids is 1. The Morgan fingerprint density at radius 3 is 2.60 bits per heavy atom. The van der Waals surface area contributed by atoms with E-state index in [4.69, 9.17) is 9.72 Å². The number of benzene rings is 2. The van der Waals surface area contributed by atoms with Crippen molar-refractivity contribution in [2.24, 2.45) is 0 Å². The van der Waals surface area contributed by atoms with E-state index in [1.165, 1.54) is 11.1 Å². The zero-order valence-corrected chi connectivity index (χ0v) is 20.7. The van der Waals surface area contributed by atoms with E-state index in [1.54, 1.807) is 7.11 Å². The molecule has 3 aliphatic rings. The monoisotopic (exact) mass is 470 g/mol. The molecule has 182 valence electrons. The van der Waals surface area contributed by atoms with Gasteiger partial charge in [-0.25, -0.2) is 9.97 Å². The molecule has 1 atom stereocenters. The van der Waals surface area contributed by atoms with Crippen molar-refractivity contribution in [1.29, 1.82) is 0 Å². The third-order valence-corrected chi connectivity index (χ3v) is 7.12. The summed E-state index contributed by atoms with van der Waals surface area (Å²) in [6.45, 7) is 3.50. The van der Waals surface area contributed by atoms with Crippen LogP contribution in [0.1, 0.15) is 48.2 Å². The molecule has 0 saturated carbocycles. The number of methoxy groups -OCH3 is 1. The van der Waals surface area contributed by atoms with Gasteiger partial charge in [0.05, 0.1) is 18.8 Å². The summed E-state index contributed by atoms with van der Waals surface area (Å²) in [6, 6.07) is 17.0. The van der Waals surface area contributed by atoms with Gasteiger partial charge in [-0.3, -0.25) is 9.69 Å². The average Bonchev–Trinajstić information content (AvgIpc) is 3.32. The van der Waals surface area contributed by atoms with Gasteiger partial charge in [0.15, 0.2) is 0 Å². The summed E-state index contributed by atoms with van der Waals surface area (Å²) < 4.78 is 5.61. The number of rotatable bonds is 1. The zero-order valence-electron chi connectivity index (χ0n) is 20.7.